The third-order valence-electron chi connectivity index (χ3n) is 9.98. The third kappa shape index (κ3) is 3.95. The van der Waals surface area contributed by atoms with Gasteiger partial charge in [-0.3, -0.25) is 4.79 Å². The van der Waals surface area contributed by atoms with E-state index < -0.39 is 5.97 Å². The van der Waals surface area contributed by atoms with E-state index in [1.54, 1.807) is 6.07 Å². The van der Waals surface area contributed by atoms with Gasteiger partial charge >= 0.3 is 5.97 Å². The first-order chi connectivity index (χ1) is 18.1. The number of fused-ring (bicyclic) bond motifs is 2. The lowest BCUT2D eigenvalue weighted by molar-refractivity contribution is -0.139. The van der Waals surface area contributed by atoms with Crippen molar-refractivity contribution in [1.82, 2.24) is 0 Å². The summed E-state index contributed by atoms with van der Waals surface area (Å²) in [5.74, 6) is 0.127. The van der Waals surface area contributed by atoms with Crippen molar-refractivity contribution in [2.24, 2.45) is 17.3 Å². The van der Waals surface area contributed by atoms with Crippen molar-refractivity contribution in [3.63, 3.8) is 0 Å². The molecule has 4 atom stereocenters. The van der Waals surface area contributed by atoms with Gasteiger partial charge in [0.05, 0.1) is 5.92 Å². The average Bonchev–Trinajstić information content (AvgIpc) is 3.11. The van der Waals surface area contributed by atoms with Gasteiger partial charge in [-0.05, 0) is 102 Å². The van der Waals surface area contributed by atoms with E-state index in [-0.39, 0.29) is 28.5 Å². The van der Waals surface area contributed by atoms with E-state index in [0.29, 0.717) is 18.1 Å². The smallest absolute Gasteiger partial charge is 0.307 e. The van der Waals surface area contributed by atoms with Gasteiger partial charge in [0.15, 0.2) is 0 Å². The van der Waals surface area contributed by atoms with Crippen LogP contribution in [0.25, 0.3) is 11.1 Å². The second kappa shape index (κ2) is 8.97. The number of aryl methyl sites for hydroxylation is 2. The molecule has 38 heavy (non-hydrogen) atoms. The lowest BCUT2D eigenvalue weighted by Gasteiger charge is -2.30. The molecule has 0 aliphatic heterocycles. The van der Waals surface area contributed by atoms with Gasteiger partial charge < -0.3 is 9.84 Å². The van der Waals surface area contributed by atoms with Crippen molar-refractivity contribution in [3.05, 3.63) is 88.2 Å². The van der Waals surface area contributed by atoms with Crippen LogP contribution in [0.2, 0.25) is 0 Å². The van der Waals surface area contributed by atoms with Gasteiger partial charge in [0.1, 0.15) is 18.2 Å². The maximum absolute atomic E-state index is 15.0. The minimum Gasteiger partial charge on any atom is -0.489 e. The molecule has 3 aromatic rings. The fourth-order valence-electron chi connectivity index (χ4n) is 7.78. The van der Waals surface area contributed by atoms with Crippen LogP contribution < -0.4 is 4.74 Å². The number of rotatable bonds is 6. The Labute approximate surface area is 225 Å². The maximum Gasteiger partial charge on any atom is 0.307 e. The monoisotopic (exact) mass is 512 g/mol. The third-order valence-corrected chi connectivity index (χ3v) is 9.98. The quantitative estimate of drug-likeness (QED) is 0.362. The van der Waals surface area contributed by atoms with Gasteiger partial charge in [-0.1, -0.05) is 63.1 Å². The molecule has 3 aromatic carbocycles. The highest BCUT2D eigenvalue weighted by Crippen LogP contribution is 2.66. The number of halogens is 1. The predicted molar refractivity (Wildman–Crippen MR) is 148 cm³/mol. The summed E-state index contributed by atoms with van der Waals surface area (Å²) in [5, 5.41) is 9.73. The van der Waals surface area contributed by atoms with Gasteiger partial charge in [0, 0.05) is 11.0 Å². The number of hydrogen-bond acceptors (Lipinski definition) is 2. The van der Waals surface area contributed by atoms with Crippen LogP contribution in [0.3, 0.4) is 0 Å². The Bertz CT molecular complexity index is 1420. The summed E-state index contributed by atoms with van der Waals surface area (Å²) in [6, 6.07) is 17.9. The first kappa shape index (κ1) is 25.2. The molecule has 3 aliphatic rings. The Morgan fingerprint density at radius 3 is 2.58 bits per heavy atom. The van der Waals surface area contributed by atoms with E-state index in [1.807, 2.05) is 25.1 Å². The molecule has 6 rings (SSSR count). The Hall–Kier alpha value is -3.14. The predicted octanol–water partition coefficient (Wildman–Crippen LogP) is 8.21. The highest BCUT2D eigenvalue weighted by Gasteiger charge is 2.68. The van der Waals surface area contributed by atoms with Crippen LogP contribution in [0.1, 0.15) is 80.2 Å². The van der Waals surface area contributed by atoms with Crippen LogP contribution in [-0.4, -0.2) is 11.1 Å². The topological polar surface area (TPSA) is 46.5 Å². The second-order valence-electron chi connectivity index (χ2n) is 12.6. The van der Waals surface area contributed by atoms with E-state index >= 15 is 4.39 Å². The summed E-state index contributed by atoms with van der Waals surface area (Å²) in [4.78, 5) is 11.8. The molecule has 2 fully saturated rings. The number of benzene rings is 3. The molecular formula is C34H37FO3. The molecular weight excluding hydrogens is 475 g/mol. The zero-order valence-corrected chi connectivity index (χ0v) is 22.8. The first-order valence-corrected chi connectivity index (χ1v) is 14.0. The molecule has 3 aliphatic carbocycles. The van der Waals surface area contributed by atoms with Crippen LogP contribution in [-0.2, 0) is 23.2 Å². The van der Waals surface area contributed by atoms with E-state index in [0.717, 1.165) is 47.3 Å². The summed E-state index contributed by atoms with van der Waals surface area (Å²) < 4.78 is 21.3. The molecule has 198 valence electrons. The van der Waals surface area contributed by atoms with E-state index in [1.165, 1.54) is 24.0 Å². The van der Waals surface area contributed by atoms with Crippen molar-refractivity contribution in [2.45, 2.75) is 77.7 Å². The molecule has 3 nitrogen and oxygen atoms in total. The van der Waals surface area contributed by atoms with Crippen molar-refractivity contribution >= 4 is 5.97 Å². The standard InChI is InChI=1S/C34H37FO3/c1-20-7-12-30(35)27(16-20)25-11-8-22(17-26(25)28-6-5-14-33(28,3)4)19-38-24-10-9-23-13-15-34(29(23)18-24)21(2)31(34)32(36)37/h7-12,16-18,21,28,31H,5-6,13-15,19H2,1-4H3,(H,36,37)/t21-,28+,31-,34+/m0/s1. The SMILES string of the molecule is Cc1ccc(F)c(-c2ccc(COc3ccc4c(c3)[C@]3(CC4)[C@H](C(=O)O)[C@@H]3C)cc2[C@H]2CCCC2(C)C)c1. The van der Waals surface area contributed by atoms with E-state index in [2.05, 4.69) is 51.1 Å². The molecule has 0 amide bonds. The molecule has 0 aromatic heterocycles. The summed E-state index contributed by atoms with van der Waals surface area (Å²) in [5.41, 5.74) is 7.32. The number of hydrogen-bond donors (Lipinski definition) is 1. The Balaban J connectivity index is 1.30. The number of aliphatic carboxylic acids is 1. The minimum absolute atomic E-state index is 0.156. The summed E-state index contributed by atoms with van der Waals surface area (Å²) in [6.07, 6.45) is 5.29. The molecule has 1 spiro atoms. The fraction of sp³-hybridized carbons (Fsp3) is 0.441. The highest BCUT2D eigenvalue weighted by molar-refractivity contribution is 5.79. The van der Waals surface area contributed by atoms with Crippen LogP contribution in [0.5, 0.6) is 5.75 Å². The van der Waals surface area contributed by atoms with Crippen molar-refractivity contribution in [1.29, 1.82) is 0 Å². The Morgan fingerprint density at radius 2 is 1.87 bits per heavy atom. The summed E-state index contributed by atoms with van der Waals surface area (Å²) in [6.45, 7) is 9.14. The molecule has 2 saturated carbocycles. The lowest BCUT2D eigenvalue weighted by atomic mass is 9.75. The largest absolute Gasteiger partial charge is 0.489 e. The lowest BCUT2D eigenvalue weighted by Crippen LogP contribution is -2.17. The number of ether oxygens (including phenoxy) is 1. The number of carboxylic acids is 1. The summed E-state index contributed by atoms with van der Waals surface area (Å²) >= 11 is 0. The molecule has 0 saturated heterocycles. The fourth-order valence-corrected chi connectivity index (χ4v) is 7.78. The van der Waals surface area contributed by atoms with Crippen molar-refractivity contribution in [2.75, 3.05) is 0 Å². The van der Waals surface area contributed by atoms with Crippen LogP contribution in [0.4, 0.5) is 4.39 Å². The molecule has 0 unspecified atom stereocenters. The van der Waals surface area contributed by atoms with Crippen molar-refractivity contribution in [3.8, 4) is 16.9 Å². The molecule has 0 heterocycles. The first-order valence-electron chi connectivity index (χ1n) is 14.0. The molecule has 1 N–H and O–H groups in total. The van der Waals surface area contributed by atoms with Gasteiger partial charge in [0.25, 0.3) is 0 Å². The maximum atomic E-state index is 15.0. The number of carbonyl (C=O) groups is 1. The van der Waals surface area contributed by atoms with Crippen LogP contribution in [0, 0.1) is 30.0 Å². The number of carboxylic acid groups (broad SMARTS) is 1. The van der Waals surface area contributed by atoms with Crippen molar-refractivity contribution < 1.29 is 19.0 Å². The Morgan fingerprint density at radius 1 is 1.05 bits per heavy atom. The van der Waals surface area contributed by atoms with Gasteiger partial charge in [-0.15, -0.1) is 0 Å². The van der Waals surface area contributed by atoms with E-state index in [9.17, 15) is 9.90 Å². The van der Waals surface area contributed by atoms with Crippen LogP contribution >= 0.6 is 0 Å². The van der Waals surface area contributed by atoms with Gasteiger partial charge in [-0.2, -0.15) is 0 Å². The average molecular weight is 513 g/mol. The normalized spacial score (nSPS) is 26.9. The van der Waals surface area contributed by atoms with Gasteiger partial charge in [-0.25, -0.2) is 4.39 Å². The molecule has 0 bridgehead atoms. The zero-order valence-electron chi connectivity index (χ0n) is 22.8. The van der Waals surface area contributed by atoms with Gasteiger partial charge in [0.2, 0.25) is 0 Å². The minimum atomic E-state index is -0.691. The summed E-state index contributed by atoms with van der Waals surface area (Å²) in [7, 11) is 0. The van der Waals surface area contributed by atoms with Crippen LogP contribution in [0.15, 0.2) is 54.6 Å². The zero-order chi connectivity index (χ0) is 26.8. The highest BCUT2D eigenvalue weighted by atomic mass is 19.1. The second-order valence-corrected chi connectivity index (χ2v) is 12.6. The molecule has 0 radical (unpaired) electrons. The Kier molecular flexibility index (Phi) is 5.93. The van der Waals surface area contributed by atoms with E-state index in [4.69, 9.17) is 4.74 Å². The molecule has 4 heteroatoms.